The predicted octanol–water partition coefficient (Wildman–Crippen LogP) is 7.62. The number of aromatic nitrogens is 6. The molecule has 10 nitrogen and oxygen atoms in total. The Hall–Kier alpha value is -6.52. The first-order valence-corrected chi connectivity index (χ1v) is 17.5. The highest BCUT2D eigenvalue weighted by molar-refractivity contribution is 5.94. The van der Waals surface area contributed by atoms with Gasteiger partial charge in [-0.3, -0.25) is 0 Å². The predicted molar refractivity (Wildman–Crippen MR) is 204 cm³/mol. The van der Waals surface area contributed by atoms with Crippen molar-refractivity contribution in [3.63, 3.8) is 0 Å². The van der Waals surface area contributed by atoms with Crippen LogP contribution in [0.1, 0.15) is 45.4 Å². The summed E-state index contributed by atoms with van der Waals surface area (Å²) in [7, 11) is 1.63. The van der Waals surface area contributed by atoms with E-state index in [1.807, 2.05) is 71.4 Å². The fraction of sp³-hybridized carbons (Fsp3) is 0.163. The fourth-order valence-corrected chi connectivity index (χ4v) is 6.63. The van der Waals surface area contributed by atoms with E-state index in [9.17, 15) is 4.79 Å². The summed E-state index contributed by atoms with van der Waals surface area (Å²) in [5.74, 6) is 1.15. The van der Waals surface area contributed by atoms with Gasteiger partial charge >= 0.3 is 5.97 Å². The maximum atomic E-state index is 12.7. The lowest BCUT2D eigenvalue weighted by atomic mass is 9.77. The van der Waals surface area contributed by atoms with Crippen molar-refractivity contribution in [2.24, 2.45) is 0 Å². The smallest absolute Gasteiger partial charge is 0.343 e. The average molecular weight is 702 g/mol. The maximum Gasteiger partial charge on any atom is 0.343 e. The van der Waals surface area contributed by atoms with Crippen LogP contribution in [0.5, 0.6) is 0 Å². The van der Waals surface area contributed by atoms with Crippen molar-refractivity contribution >= 4 is 11.8 Å². The number of nitrogens with one attached hydrogen (secondary N) is 1. The molecule has 7 aromatic rings. The second-order valence-electron chi connectivity index (χ2n) is 12.3. The van der Waals surface area contributed by atoms with Gasteiger partial charge < -0.3 is 14.8 Å². The van der Waals surface area contributed by atoms with E-state index in [1.165, 1.54) is 6.20 Å². The molecule has 0 fully saturated rings. The number of ether oxygens (including phenoxy) is 2. The molecule has 0 bridgehead atoms. The molecular formula is C43H39N7O3. The van der Waals surface area contributed by atoms with Gasteiger partial charge in [0.1, 0.15) is 22.7 Å². The van der Waals surface area contributed by atoms with Gasteiger partial charge in [0.2, 0.25) is 0 Å². The summed E-state index contributed by atoms with van der Waals surface area (Å²) in [5, 5.41) is 17.1. The molecule has 2 aromatic heterocycles. The number of anilines is 1. The molecule has 0 atom stereocenters. The van der Waals surface area contributed by atoms with Crippen LogP contribution < -0.4 is 5.32 Å². The lowest BCUT2D eigenvalue weighted by molar-refractivity contribution is 0.0526. The monoisotopic (exact) mass is 701 g/mol. The fourth-order valence-electron chi connectivity index (χ4n) is 6.63. The zero-order chi connectivity index (χ0) is 36.5. The molecule has 0 spiro atoms. The zero-order valence-electron chi connectivity index (χ0n) is 29.6. The minimum absolute atomic E-state index is 0.255. The van der Waals surface area contributed by atoms with Gasteiger partial charge in [0.05, 0.1) is 13.2 Å². The van der Waals surface area contributed by atoms with Crippen LogP contribution >= 0.6 is 0 Å². The first-order chi connectivity index (χ1) is 26.1. The van der Waals surface area contributed by atoms with Gasteiger partial charge in [-0.05, 0) is 50.7 Å². The Morgan fingerprint density at radius 2 is 1.34 bits per heavy atom. The molecule has 2 heterocycles. The largest absolute Gasteiger partial charge is 0.462 e. The second kappa shape index (κ2) is 16.2. The van der Waals surface area contributed by atoms with Crippen LogP contribution in [0.25, 0.3) is 22.5 Å². The summed E-state index contributed by atoms with van der Waals surface area (Å²) in [5.41, 5.74) is 6.36. The van der Waals surface area contributed by atoms with Crippen molar-refractivity contribution < 1.29 is 14.3 Å². The summed E-state index contributed by atoms with van der Waals surface area (Å²) in [6.07, 6.45) is 2.03. The van der Waals surface area contributed by atoms with Crippen molar-refractivity contribution in [3.8, 4) is 22.5 Å². The van der Waals surface area contributed by atoms with Crippen LogP contribution in [0.2, 0.25) is 0 Å². The SMILES string of the molecule is CCOC(=O)c1cnc(CCOC)nc1NCc1ccc(-c2ccccc2-c2nnnn2C(c2ccccc2)(c2ccccc2)c2ccccc2)cc1. The number of rotatable bonds is 14. The second-order valence-corrected chi connectivity index (χ2v) is 12.3. The first kappa shape index (κ1) is 34.9. The zero-order valence-corrected chi connectivity index (χ0v) is 29.6. The quantitative estimate of drug-likeness (QED) is 0.0903. The molecule has 10 heteroatoms. The normalized spacial score (nSPS) is 11.3. The minimum atomic E-state index is -0.877. The van der Waals surface area contributed by atoms with E-state index in [1.54, 1.807) is 14.0 Å². The lowest BCUT2D eigenvalue weighted by Crippen LogP contribution is -2.39. The molecule has 0 aliphatic carbocycles. The van der Waals surface area contributed by atoms with Crippen LogP contribution in [0.15, 0.2) is 146 Å². The average Bonchev–Trinajstić information content (AvgIpc) is 3.71. The molecule has 0 aliphatic heterocycles. The van der Waals surface area contributed by atoms with Gasteiger partial charge in [0.15, 0.2) is 5.82 Å². The standard InChI is InChI=1S/C43H39N7O3/c1-3-53-42(51)38-30-44-39(27-28-52-2)46-40(38)45-29-31-23-25-32(26-24-31)36-21-13-14-22-37(36)41-47-48-49-50(41)43(33-15-7-4-8-16-33,34-17-9-5-10-18-34)35-19-11-6-12-20-35/h4-26,30H,3,27-29H2,1-2H3,(H,44,45,46). The van der Waals surface area contributed by atoms with Gasteiger partial charge in [0, 0.05) is 31.8 Å². The van der Waals surface area contributed by atoms with E-state index >= 15 is 0 Å². The first-order valence-electron chi connectivity index (χ1n) is 17.5. The van der Waals surface area contributed by atoms with E-state index in [0.29, 0.717) is 37.0 Å². The number of nitrogens with zero attached hydrogens (tertiary/aromatic N) is 6. The molecule has 5 aromatic carbocycles. The third kappa shape index (κ3) is 7.17. The molecular weight excluding hydrogens is 663 g/mol. The van der Waals surface area contributed by atoms with Crippen LogP contribution in [-0.2, 0) is 28.0 Å². The van der Waals surface area contributed by atoms with Gasteiger partial charge in [-0.15, -0.1) is 5.10 Å². The number of carbonyl (C=O) groups excluding carboxylic acids is 1. The highest BCUT2D eigenvalue weighted by atomic mass is 16.5. The van der Waals surface area contributed by atoms with Crippen molar-refractivity contribution in [1.82, 2.24) is 30.2 Å². The molecule has 0 radical (unpaired) electrons. The molecule has 0 saturated heterocycles. The Labute approximate surface area is 308 Å². The van der Waals surface area contributed by atoms with Crippen LogP contribution in [-0.4, -0.2) is 56.5 Å². The Bertz CT molecular complexity index is 2170. The summed E-state index contributed by atoms with van der Waals surface area (Å²) < 4.78 is 12.4. The number of carbonyl (C=O) groups is 1. The molecule has 0 aliphatic rings. The lowest BCUT2D eigenvalue weighted by Gasteiger charge is -2.36. The molecule has 0 saturated carbocycles. The van der Waals surface area contributed by atoms with Crippen molar-refractivity contribution in [1.29, 1.82) is 0 Å². The molecule has 53 heavy (non-hydrogen) atoms. The molecule has 7 rings (SSSR count). The van der Waals surface area contributed by atoms with Crippen LogP contribution in [0, 0.1) is 0 Å². The Kier molecular flexibility index (Phi) is 10.7. The number of tetrazole rings is 1. The van der Waals surface area contributed by atoms with Gasteiger partial charge in [-0.25, -0.2) is 19.4 Å². The van der Waals surface area contributed by atoms with E-state index in [2.05, 4.69) is 93.3 Å². The van der Waals surface area contributed by atoms with Gasteiger partial charge in [-0.2, -0.15) is 0 Å². The molecule has 0 unspecified atom stereocenters. The van der Waals surface area contributed by atoms with E-state index in [4.69, 9.17) is 19.8 Å². The van der Waals surface area contributed by atoms with E-state index in [0.717, 1.165) is 38.9 Å². The third-order valence-electron chi connectivity index (χ3n) is 9.12. The van der Waals surface area contributed by atoms with Crippen LogP contribution in [0.3, 0.4) is 0 Å². The highest BCUT2D eigenvalue weighted by Gasteiger charge is 2.42. The Morgan fingerprint density at radius 1 is 0.755 bits per heavy atom. The van der Waals surface area contributed by atoms with E-state index < -0.39 is 11.5 Å². The minimum Gasteiger partial charge on any atom is -0.462 e. The highest BCUT2D eigenvalue weighted by Crippen LogP contribution is 2.43. The van der Waals surface area contributed by atoms with Gasteiger partial charge in [0.25, 0.3) is 0 Å². The number of hydrogen-bond acceptors (Lipinski definition) is 9. The van der Waals surface area contributed by atoms with E-state index in [-0.39, 0.29) is 12.2 Å². The topological polar surface area (TPSA) is 117 Å². The molecule has 0 amide bonds. The Balaban J connectivity index is 1.25. The number of methoxy groups -OCH3 is 1. The summed E-state index contributed by atoms with van der Waals surface area (Å²) in [6, 6.07) is 47.6. The molecule has 1 N–H and O–H groups in total. The number of esters is 1. The van der Waals surface area contributed by atoms with Crippen molar-refractivity contribution in [2.75, 3.05) is 25.6 Å². The maximum absolute atomic E-state index is 12.7. The third-order valence-corrected chi connectivity index (χ3v) is 9.12. The number of benzene rings is 5. The summed E-state index contributed by atoms with van der Waals surface area (Å²) in [6.45, 7) is 2.93. The van der Waals surface area contributed by atoms with Crippen LogP contribution in [0.4, 0.5) is 5.82 Å². The van der Waals surface area contributed by atoms with Gasteiger partial charge in [-0.1, -0.05) is 140 Å². The van der Waals surface area contributed by atoms with Crippen molar-refractivity contribution in [2.45, 2.75) is 25.4 Å². The van der Waals surface area contributed by atoms with Crippen molar-refractivity contribution in [3.05, 3.63) is 179 Å². The summed E-state index contributed by atoms with van der Waals surface area (Å²) >= 11 is 0. The molecule has 264 valence electrons. The summed E-state index contributed by atoms with van der Waals surface area (Å²) in [4.78, 5) is 21.6. The number of hydrogen-bond donors (Lipinski definition) is 1. The Morgan fingerprint density at radius 3 is 1.92 bits per heavy atom.